The van der Waals surface area contributed by atoms with Gasteiger partial charge in [0.15, 0.2) is 0 Å². The zero-order valence-electron chi connectivity index (χ0n) is 14.2. The molecule has 1 aliphatic heterocycles. The van der Waals surface area contributed by atoms with Crippen LogP contribution in [0.1, 0.15) is 70.6 Å². The van der Waals surface area contributed by atoms with Crippen molar-refractivity contribution >= 4 is 11.9 Å². The van der Waals surface area contributed by atoms with Gasteiger partial charge in [0.1, 0.15) is 0 Å². The van der Waals surface area contributed by atoms with Gasteiger partial charge >= 0.3 is 6.03 Å². The van der Waals surface area contributed by atoms with Gasteiger partial charge in [0, 0.05) is 25.0 Å². The predicted octanol–water partition coefficient (Wildman–Crippen LogP) is 2.79. The molecule has 0 aromatic carbocycles. The van der Waals surface area contributed by atoms with Gasteiger partial charge in [0.05, 0.1) is 0 Å². The lowest BCUT2D eigenvalue weighted by molar-refractivity contribution is -0.127. The summed E-state index contributed by atoms with van der Waals surface area (Å²) in [7, 11) is 0. The molecule has 3 rings (SSSR count). The molecule has 2 aliphatic carbocycles. The third kappa shape index (κ3) is 3.99. The number of hydrogen-bond acceptors (Lipinski definition) is 2. The van der Waals surface area contributed by atoms with Gasteiger partial charge in [-0.2, -0.15) is 0 Å². The highest BCUT2D eigenvalue weighted by atomic mass is 16.2. The molecule has 2 saturated carbocycles. The van der Waals surface area contributed by atoms with Gasteiger partial charge in [-0.15, -0.1) is 0 Å². The van der Waals surface area contributed by atoms with Crippen LogP contribution in [-0.4, -0.2) is 36.0 Å². The molecule has 3 amide bonds. The number of amides is 3. The smallest absolute Gasteiger partial charge is 0.314 e. The summed E-state index contributed by atoms with van der Waals surface area (Å²) in [6, 6.07) is -0.00172. The average Bonchev–Trinajstić information content (AvgIpc) is 2.58. The molecular formula is C18H31N3O2. The fraction of sp³-hybridized carbons (Fsp3) is 0.889. The zero-order chi connectivity index (χ0) is 16.3. The van der Waals surface area contributed by atoms with Crippen LogP contribution in [0.15, 0.2) is 0 Å². The third-order valence-electron chi connectivity index (χ3n) is 6.48. The number of rotatable bonds is 2. The molecule has 1 spiro atoms. The van der Waals surface area contributed by atoms with Crippen LogP contribution in [0.25, 0.3) is 0 Å². The van der Waals surface area contributed by atoms with E-state index in [-0.39, 0.29) is 17.9 Å². The quantitative estimate of drug-likeness (QED) is 0.820. The van der Waals surface area contributed by atoms with Gasteiger partial charge in [-0.3, -0.25) is 4.79 Å². The summed E-state index contributed by atoms with van der Waals surface area (Å²) in [6.45, 7) is 1.22. The minimum Gasteiger partial charge on any atom is -0.353 e. The van der Waals surface area contributed by atoms with E-state index < -0.39 is 0 Å². The standard InChI is InChI=1S/C18H31N3O2/c19-17(23)21-12-6-14(7-13-21)16(22)20-15-4-10-18(11-5-15)8-2-1-3-9-18/h14-15H,1-13H2,(H2,19,23)(H,20,22). The number of nitrogens with one attached hydrogen (secondary N) is 1. The van der Waals surface area contributed by atoms with Gasteiger partial charge in [-0.25, -0.2) is 4.79 Å². The lowest BCUT2D eigenvalue weighted by Crippen LogP contribution is -2.48. The fourth-order valence-corrected chi connectivity index (χ4v) is 4.86. The molecule has 0 aromatic rings. The zero-order valence-corrected chi connectivity index (χ0v) is 14.2. The number of carbonyl (C=O) groups excluding carboxylic acids is 2. The highest BCUT2D eigenvalue weighted by Crippen LogP contribution is 2.47. The monoisotopic (exact) mass is 321 g/mol. The molecule has 3 N–H and O–H groups in total. The van der Waals surface area contributed by atoms with E-state index in [4.69, 9.17) is 5.73 Å². The van der Waals surface area contributed by atoms with Crippen molar-refractivity contribution < 1.29 is 9.59 Å². The summed E-state index contributed by atoms with van der Waals surface area (Å²) >= 11 is 0. The SMILES string of the molecule is NC(=O)N1CCC(C(=O)NC2CCC3(CCCCC3)CC2)CC1. The molecule has 3 aliphatic rings. The Morgan fingerprint density at radius 2 is 1.52 bits per heavy atom. The van der Waals surface area contributed by atoms with Crippen molar-refractivity contribution in [2.75, 3.05) is 13.1 Å². The van der Waals surface area contributed by atoms with Crippen LogP contribution in [0.4, 0.5) is 4.79 Å². The maximum absolute atomic E-state index is 12.5. The first kappa shape index (κ1) is 16.6. The Morgan fingerprint density at radius 3 is 2.09 bits per heavy atom. The highest BCUT2D eigenvalue weighted by molar-refractivity contribution is 5.79. The lowest BCUT2D eigenvalue weighted by atomic mass is 9.64. The minimum atomic E-state index is -0.367. The van der Waals surface area contributed by atoms with Crippen molar-refractivity contribution in [1.29, 1.82) is 0 Å². The van der Waals surface area contributed by atoms with Gasteiger partial charge in [0.25, 0.3) is 0 Å². The molecule has 130 valence electrons. The number of likely N-dealkylation sites (tertiary alicyclic amines) is 1. The highest BCUT2D eigenvalue weighted by Gasteiger charge is 2.37. The molecular weight excluding hydrogens is 290 g/mol. The molecule has 0 radical (unpaired) electrons. The summed E-state index contributed by atoms with van der Waals surface area (Å²) in [5.41, 5.74) is 5.90. The second kappa shape index (κ2) is 7.10. The second-order valence-corrected chi connectivity index (χ2v) is 7.94. The minimum absolute atomic E-state index is 0.0520. The van der Waals surface area contributed by atoms with Crippen molar-refractivity contribution in [3.8, 4) is 0 Å². The molecule has 23 heavy (non-hydrogen) atoms. The third-order valence-corrected chi connectivity index (χ3v) is 6.48. The summed E-state index contributed by atoms with van der Waals surface area (Å²) in [6.07, 6.45) is 13.4. The van der Waals surface area contributed by atoms with Crippen LogP contribution < -0.4 is 11.1 Å². The first-order valence-corrected chi connectivity index (χ1v) is 9.43. The van der Waals surface area contributed by atoms with E-state index >= 15 is 0 Å². The number of carbonyl (C=O) groups is 2. The van der Waals surface area contributed by atoms with Crippen molar-refractivity contribution in [3.05, 3.63) is 0 Å². The first-order chi connectivity index (χ1) is 11.1. The van der Waals surface area contributed by atoms with Crippen molar-refractivity contribution in [1.82, 2.24) is 10.2 Å². The average molecular weight is 321 g/mol. The van der Waals surface area contributed by atoms with Gasteiger partial charge < -0.3 is 16.0 Å². The van der Waals surface area contributed by atoms with Crippen LogP contribution >= 0.6 is 0 Å². The van der Waals surface area contributed by atoms with Crippen molar-refractivity contribution in [2.24, 2.45) is 17.1 Å². The summed E-state index contributed by atoms with van der Waals surface area (Å²) in [4.78, 5) is 25.2. The number of piperidine rings is 1. The number of nitrogens with zero attached hydrogens (tertiary/aromatic N) is 1. The number of primary amides is 1. The lowest BCUT2D eigenvalue weighted by Gasteiger charge is -2.43. The maximum Gasteiger partial charge on any atom is 0.314 e. The topological polar surface area (TPSA) is 75.4 Å². The summed E-state index contributed by atoms with van der Waals surface area (Å²) in [5, 5.41) is 3.28. The predicted molar refractivity (Wildman–Crippen MR) is 89.8 cm³/mol. The van der Waals surface area contributed by atoms with E-state index in [2.05, 4.69) is 5.32 Å². The maximum atomic E-state index is 12.5. The largest absolute Gasteiger partial charge is 0.353 e. The Kier molecular flexibility index (Phi) is 5.12. The molecule has 0 bridgehead atoms. The van der Waals surface area contributed by atoms with Gasteiger partial charge in [-0.05, 0) is 56.8 Å². The van der Waals surface area contributed by atoms with Crippen LogP contribution in [0.2, 0.25) is 0 Å². The fourth-order valence-electron chi connectivity index (χ4n) is 4.86. The Morgan fingerprint density at radius 1 is 0.913 bits per heavy atom. The molecule has 0 aromatic heterocycles. The molecule has 5 heteroatoms. The van der Waals surface area contributed by atoms with Crippen molar-refractivity contribution in [2.45, 2.75) is 76.7 Å². The van der Waals surface area contributed by atoms with Crippen LogP contribution in [0.3, 0.4) is 0 Å². The van der Waals surface area contributed by atoms with Crippen LogP contribution in [-0.2, 0) is 4.79 Å². The number of nitrogens with two attached hydrogens (primary N) is 1. The normalized spacial score (nSPS) is 26.2. The van der Waals surface area contributed by atoms with E-state index in [0.29, 0.717) is 24.5 Å². The first-order valence-electron chi connectivity index (χ1n) is 9.43. The molecule has 3 fully saturated rings. The summed E-state index contributed by atoms with van der Waals surface area (Å²) < 4.78 is 0. The van der Waals surface area contributed by atoms with E-state index in [1.165, 1.54) is 44.9 Å². The van der Waals surface area contributed by atoms with E-state index in [1.807, 2.05) is 0 Å². The number of hydrogen-bond donors (Lipinski definition) is 2. The van der Waals surface area contributed by atoms with E-state index in [0.717, 1.165) is 25.7 Å². The molecule has 5 nitrogen and oxygen atoms in total. The van der Waals surface area contributed by atoms with Crippen molar-refractivity contribution in [3.63, 3.8) is 0 Å². The summed E-state index contributed by atoms with van der Waals surface area (Å²) in [5.74, 6) is 0.245. The molecule has 1 heterocycles. The second-order valence-electron chi connectivity index (χ2n) is 7.94. The molecule has 1 saturated heterocycles. The van der Waals surface area contributed by atoms with Gasteiger partial charge in [0.2, 0.25) is 5.91 Å². The Hall–Kier alpha value is -1.26. The van der Waals surface area contributed by atoms with Crippen LogP contribution in [0, 0.1) is 11.3 Å². The van der Waals surface area contributed by atoms with Crippen LogP contribution in [0.5, 0.6) is 0 Å². The Labute approximate surface area is 139 Å². The Balaban J connectivity index is 1.42. The Bertz CT molecular complexity index is 428. The van der Waals surface area contributed by atoms with Gasteiger partial charge in [-0.1, -0.05) is 19.3 Å². The van der Waals surface area contributed by atoms with E-state index in [9.17, 15) is 9.59 Å². The van der Waals surface area contributed by atoms with E-state index in [1.54, 1.807) is 4.90 Å². The number of urea groups is 1. The molecule has 0 unspecified atom stereocenters. The molecule has 0 atom stereocenters.